The van der Waals surface area contributed by atoms with E-state index in [0.717, 1.165) is 18.1 Å². The van der Waals surface area contributed by atoms with Crippen molar-refractivity contribution in [3.63, 3.8) is 0 Å². The van der Waals surface area contributed by atoms with Crippen molar-refractivity contribution in [2.75, 3.05) is 13.1 Å². The van der Waals surface area contributed by atoms with Gasteiger partial charge in [0, 0.05) is 32.6 Å². The maximum Gasteiger partial charge on any atom is 0.0252 e. The minimum Gasteiger partial charge on any atom is -0.311 e. The van der Waals surface area contributed by atoms with Crippen LogP contribution in [0.15, 0.2) is 0 Å². The number of piperazine rings is 1. The minimum atomic E-state index is 0. The van der Waals surface area contributed by atoms with Crippen molar-refractivity contribution in [2.24, 2.45) is 0 Å². The molecule has 1 aliphatic carbocycles. The molecule has 0 bridgehead atoms. The van der Waals surface area contributed by atoms with Gasteiger partial charge in [-0.25, -0.2) is 0 Å². The van der Waals surface area contributed by atoms with Crippen LogP contribution in [0.2, 0.25) is 0 Å². The Morgan fingerprint density at radius 3 is 3.15 bits per heavy atom. The zero-order chi connectivity index (χ0) is 9.26. The molecule has 2 fully saturated rings. The molecular formula is C11H24N2. The van der Waals surface area contributed by atoms with Crippen molar-refractivity contribution < 1.29 is 1.43 Å². The summed E-state index contributed by atoms with van der Waals surface area (Å²) in [5.41, 5.74) is 0. The van der Waals surface area contributed by atoms with Gasteiger partial charge in [0.1, 0.15) is 0 Å². The zero-order valence-corrected chi connectivity index (χ0v) is 8.92. The van der Waals surface area contributed by atoms with Crippen molar-refractivity contribution >= 4 is 0 Å². The summed E-state index contributed by atoms with van der Waals surface area (Å²) in [4.78, 5) is 2.73. The summed E-state index contributed by atoms with van der Waals surface area (Å²) in [5.74, 6) is 0. The first-order valence-corrected chi connectivity index (χ1v) is 5.82. The Balaban J connectivity index is 0.000000980. The van der Waals surface area contributed by atoms with E-state index in [1.807, 2.05) is 0 Å². The van der Waals surface area contributed by atoms with Crippen molar-refractivity contribution in [3.8, 4) is 0 Å². The van der Waals surface area contributed by atoms with Crippen LogP contribution in [0.3, 0.4) is 0 Å². The molecule has 1 aliphatic heterocycles. The van der Waals surface area contributed by atoms with Crippen LogP contribution in [0.4, 0.5) is 0 Å². The van der Waals surface area contributed by atoms with Gasteiger partial charge in [0.2, 0.25) is 0 Å². The predicted molar refractivity (Wildman–Crippen MR) is 58.0 cm³/mol. The molecule has 1 N–H and O–H groups in total. The lowest BCUT2D eigenvalue weighted by atomic mass is 10.0. The molecule has 0 amide bonds. The predicted octanol–water partition coefficient (Wildman–Crippen LogP) is 1.86. The smallest absolute Gasteiger partial charge is 0.0252 e. The van der Waals surface area contributed by atoms with Crippen molar-refractivity contribution in [3.05, 3.63) is 0 Å². The van der Waals surface area contributed by atoms with Crippen LogP contribution in [0, 0.1) is 0 Å². The molecular weight excluding hydrogens is 160 g/mol. The summed E-state index contributed by atoms with van der Waals surface area (Å²) >= 11 is 0. The fourth-order valence-electron chi connectivity index (χ4n) is 2.90. The third-order valence-corrected chi connectivity index (χ3v) is 3.84. The topological polar surface area (TPSA) is 15.3 Å². The lowest BCUT2D eigenvalue weighted by Gasteiger charge is -2.41. The molecule has 0 aromatic heterocycles. The molecule has 3 unspecified atom stereocenters. The van der Waals surface area contributed by atoms with Gasteiger partial charge >= 0.3 is 0 Å². The average molecular weight is 184 g/mol. The van der Waals surface area contributed by atoms with Crippen LogP contribution in [0.5, 0.6) is 0 Å². The quantitative estimate of drug-likeness (QED) is 0.704. The Hall–Kier alpha value is -0.0800. The van der Waals surface area contributed by atoms with Gasteiger partial charge in [-0.1, -0.05) is 13.3 Å². The van der Waals surface area contributed by atoms with Crippen LogP contribution in [-0.2, 0) is 0 Å². The number of hydrogen-bond donors (Lipinski definition) is 1. The Kier molecular flexibility index (Phi) is 2.89. The molecule has 0 aromatic carbocycles. The molecule has 0 radical (unpaired) electrons. The molecule has 1 saturated heterocycles. The van der Waals surface area contributed by atoms with Gasteiger partial charge in [-0.15, -0.1) is 0 Å². The molecule has 2 heteroatoms. The van der Waals surface area contributed by atoms with E-state index in [4.69, 9.17) is 0 Å². The largest absolute Gasteiger partial charge is 0.311 e. The molecule has 2 aliphatic rings. The highest BCUT2D eigenvalue weighted by atomic mass is 15.3. The second-order valence-electron chi connectivity index (χ2n) is 4.55. The number of hydrogen-bond acceptors (Lipinski definition) is 2. The molecule has 13 heavy (non-hydrogen) atoms. The molecule has 78 valence electrons. The Morgan fingerprint density at radius 1 is 1.54 bits per heavy atom. The first-order chi connectivity index (χ1) is 6.33. The number of rotatable bonds is 2. The van der Waals surface area contributed by atoms with Crippen LogP contribution < -0.4 is 5.32 Å². The van der Waals surface area contributed by atoms with Gasteiger partial charge in [0.25, 0.3) is 0 Å². The molecule has 1 heterocycles. The fourth-order valence-corrected chi connectivity index (χ4v) is 2.90. The molecule has 0 spiro atoms. The van der Waals surface area contributed by atoms with Crippen molar-refractivity contribution in [2.45, 2.75) is 57.7 Å². The monoisotopic (exact) mass is 184 g/mol. The number of fused-ring (bicyclic) bond motifs is 1. The Labute approximate surface area is 83.2 Å². The molecule has 1 saturated carbocycles. The molecule has 2 nitrogen and oxygen atoms in total. The van der Waals surface area contributed by atoms with Crippen LogP contribution >= 0.6 is 0 Å². The summed E-state index contributed by atoms with van der Waals surface area (Å²) in [6.07, 6.45) is 5.54. The average Bonchev–Trinajstić information content (AvgIpc) is 2.63. The van der Waals surface area contributed by atoms with E-state index in [1.165, 1.54) is 38.8 Å². The highest BCUT2D eigenvalue weighted by Gasteiger charge is 2.36. The van der Waals surface area contributed by atoms with E-state index in [2.05, 4.69) is 24.1 Å². The molecule has 0 aromatic rings. The summed E-state index contributed by atoms with van der Waals surface area (Å²) < 4.78 is 0. The van der Waals surface area contributed by atoms with Crippen molar-refractivity contribution in [1.29, 1.82) is 0 Å². The standard InChI is InChI=1S/C11H22N2.H2/c1-3-9(2)13-8-7-12-10-5-4-6-11(10)13;/h9-12H,3-8H2,1-2H3;1H. The van der Waals surface area contributed by atoms with Gasteiger partial charge < -0.3 is 5.32 Å². The molecule has 2 rings (SSSR count). The Bertz CT molecular complexity index is 175. The number of nitrogens with zero attached hydrogens (tertiary/aromatic N) is 1. The lowest BCUT2D eigenvalue weighted by molar-refractivity contribution is 0.0932. The van der Waals surface area contributed by atoms with E-state index in [9.17, 15) is 0 Å². The van der Waals surface area contributed by atoms with Gasteiger partial charge in [-0.05, 0) is 26.2 Å². The van der Waals surface area contributed by atoms with Gasteiger partial charge in [-0.3, -0.25) is 4.90 Å². The maximum absolute atomic E-state index is 3.65. The Morgan fingerprint density at radius 2 is 2.38 bits per heavy atom. The van der Waals surface area contributed by atoms with Crippen LogP contribution in [0.1, 0.15) is 41.0 Å². The first kappa shape index (κ1) is 9.47. The summed E-state index contributed by atoms with van der Waals surface area (Å²) in [6.45, 7) is 7.14. The van der Waals surface area contributed by atoms with Crippen molar-refractivity contribution in [1.82, 2.24) is 10.2 Å². The summed E-state index contributed by atoms with van der Waals surface area (Å²) in [6, 6.07) is 2.44. The lowest BCUT2D eigenvalue weighted by Crippen LogP contribution is -2.57. The van der Waals surface area contributed by atoms with Gasteiger partial charge in [0.15, 0.2) is 0 Å². The van der Waals surface area contributed by atoms with Gasteiger partial charge in [0.05, 0.1) is 0 Å². The van der Waals surface area contributed by atoms with E-state index in [-0.39, 0.29) is 1.43 Å². The van der Waals surface area contributed by atoms with E-state index in [0.29, 0.717) is 0 Å². The maximum atomic E-state index is 3.65. The minimum absolute atomic E-state index is 0. The molecule has 3 atom stereocenters. The van der Waals surface area contributed by atoms with Crippen LogP contribution in [-0.4, -0.2) is 36.1 Å². The second kappa shape index (κ2) is 3.97. The number of nitrogens with one attached hydrogen (secondary N) is 1. The summed E-state index contributed by atoms with van der Waals surface area (Å²) in [7, 11) is 0. The van der Waals surface area contributed by atoms with E-state index < -0.39 is 0 Å². The van der Waals surface area contributed by atoms with Crippen LogP contribution in [0.25, 0.3) is 0 Å². The second-order valence-corrected chi connectivity index (χ2v) is 4.55. The van der Waals surface area contributed by atoms with E-state index in [1.54, 1.807) is 0 Å². The first-order valence-electron chi connectivity index (χ1n) is 5.82. The highest BCUT2D eigenvalue weighted by Crippen LogP contribution is 2.28. The summed E-state index contributed by atoms with van der Waals surface area (Å²) in [5, 5.41) is 3.65. The fraction of sp³-hybridized carbons (Fsp3) is 1.00. The van der Waals surface area contributed by atoms with E-state index >= 15 is 0 Å². The van der Waals surface area contributed by atoms with Gasteiger partial charge in [-0.2, -0.15) is 0 Å². The third kappa shape index (κ3) is 1.75. The zero-order valence-electron chi connectivity index (χ0n) is 8.92. The normalized spacial score (nSPS) is 37.4. The highest BCUT2D eigenvalue weighted by molar-refractivity contribution is 4.95. The third-order valence-electron chi connectivity index (χ3n) is 3.84. The SMILES string of the molecule is CCC(C)N1CCNC2CCCC21.[HH].